The maximum atomic E-state index is 6.12. The van der Waals surface area contributed by atoms with Gasteiger partial charge in [-0.1, -0.05) is 0 Å². The van der Waals surface area contributed by atoms with E-state index in [0.29, 0.717) is 0 Å². The summed E-state index contributed by atoms with van der Waals surface area (Å²) in [5.74, 6) is 0. The number of hydrogen-bond donors (Lipinski definition) is 1. The van der Waals surface area contributed by atoms with E-state index in [2.05, 4.69) is 23.4 Å². The van der Waals surface area contributed by atoms with E-state index in [1.165, 1.54) is 15.3 Å². The van der Waals surface area contributed by atoms with Gasteiger partial charge in [0.2, 0.25) is 0 Å². The van der Waals surface area contributed by atoms with Gasteiger partial charge in [0.1, 0.15) is 0 Å². The van der Waals surface area contributed by atoms with Crippen molar-refractivity contribution in [3.63, 3.8) is 0 Å². The fourth-order valence-corrected chi connectivity index (χ4v) is 3.00. The Morgan fingerprint density at radius 3 is 2.93 bits per heavy atom. The standard InChI is InChI=1S/C10H12N2S2/c1-7-2-3-13-10(7)9(11)4-8-5-12-6-14-8/h2-3,5-6,9H,4,11H2,1H3. The minimum absolute atomic E-state index is 0.121. The predicted octanol–water partition coefficient (Wildman–Crippen LogP) is 2.76. The minimum Gasteiger partial charge on any atom is -0.323 e. The topological polar surface area (TPSA) is 38.9 Å². The average Bonchev–Trinajstić information content (AvgIpc) is 2.75. The van der Waals surface area contributed by atoms with E-state index in [4.69, 9.17) is 5.73 Å². The fraction of sp³-hybridized carbons (Fsp3) is 0.300. The van der Waals surface area contributed by atoms with Crippen LogP contribution >= 0.6 is 22.7 Å². The van der Waals surface area contributed by atoms with Crippen molar-refractivity contribution in [2.45, 2.75) is 19.4 Å². The van der Waals surface area contributed by atoms with E-state index in [9.17, 15) is 0 Å². The summed E-state index contributed by atoms with van der Waals surface area (Å²) in [7, 11) is 0. The van der Waals surface area contributed by atoms with Gasteiger partial charge in [-0.3, -0.25) is 4.98 Å². The molecule has 0 fully saturated rings. The number of nitrogens with zero attached hydrogens (tertiary/aromatic N) is 1. The summed E-state index contributed by atoms with van der Waals surface area (Å²) in [4.78, 5) is 6.59. The smallest absolute Gasteiger partial charge is 0.0794 e. The molecule has 74 valence electrons. The van der Waals surface area contributed by atoms with Crippen LogP contribution < -0.4 is 5.73 Å². The first kappa shape index (κ1) is 9.83. The van der Waals surface area contributed by atoms with Crippen LogP contribution in [-0.2, 0) is 6.42 Å². The second-order valence-corrected chi connectivity index (χ2v) is 5.16. The summed E-state index contributed by atoms with van der Waals surface area (Å²) < 4.78 is 0. The molecule has 1 atom stereocenters. The number of rotatable bonds is 3. The fourth-order valence-electron chi connectivity index (χ4n) is 1.42. The van der Waals surface area contributed by atoms with Crippen molar-refractivity contribution in [1.29, 1.82) is 0 Å². The minimum atomic E-state index is 0.121. The highest BCUT2D eigenvalue weighted by Crippen LogP contribution is 2.25. The van der Waals surface area contributed by atoms with Gasteiger partial charge in [0.05, 0.1) is 5.51 Å². The first-order valence-corrected chi connectivity index (χ1v) is 6.20. The van der Waals surface area contributed by atoms with E-state index in [0.717, 1.165) is 6.42 Å². The van der Waals surface area contributed by atoms with Crippen LogP contribution in [0.4, 0.5) is 0 Å². The predicted molar refractivity (Wildman–Crippen MR) is 61.8 cm³/mol. The molecule has 4 heteroatoms. The summed E-state index contributed by atoms with van der Waals surface area (Å²) in [6.45, 7) is 2.11. The Kier molecular flexibility index (Phi) is 2.96. The third-order valence-electron chi connectivity index (χ3n) is 2.14. The maximum absolute atomic E-state index is 6.12. The molecule has 2 aromatic heterocycles. The third kappa shape index (κ3) is 2.03. The van der Waals surface area contributed by atoms with E-state index in [1.807, 2.05) is 11.7 Å². The van der Waals surface area contributed by atoms with E-state index >= 15 is 0 Å². The summed E-state index contributed by atoms with van der Waals surface area (Å²) in [6, 6.07) is 2.24. The normalized spacial score (nSPS) is 13.0. The van der Waals surface area contributed by atoms with Gasteiger partial charge in [0.25, 0.3) is 0 Å². The zero-order chi connectivity index (χ0) is 9.97. The second kappa shape index (κ2) is 4.21. The highest BCUT2D eigenvalue weighted by Gasteiger charge is 2.11. The van der Waals surface area contributed by atoms with Crippen LogP contribution in [0.25, 0.3) is 0 Å². The molecule has 0 saturated carbocycles. The first-order chi connectivity index (χ1) is 6.77. The lowest BCUT2D eigenvalue weighted by molar-refractivity contribution is 0.739. The van der Waals surface area contributed by atoms with Crippen LogP contribution in [-0.4, -0.2) is 4.98 Å². The molecule has 14 heavy (non-hydrogen) atoms. The molecule has 0 aliphatic rings. The molecular weight excluding hydrogens is 212 g/mol. The zero-order valence-electron chi connectivity index (χ0n) is 7.93. The molecule has 0 saturated heterocycles. The molecule has 2 rings (SSSR count). The molecule has 2 aromatic rings. The van der Waals surface area contributed by atoms with Crippen molar-refractivity contribution in [3.8, 4) is 0 Å². The van der Waals surface area contributed by atoms with Crippen LogP contribution in [0, 0.1) is 6.92 Å². The number of hydrogen-bond acceptors (Lipinski definition) is 4. The lowest BCUT2D eigenvalue weighted by atomic mass is 10.1. The quantitative estimate of drug-likeness (QED) is 0.870. The summed E-state index contributed by atoms with van der Waals surface area (Å²) in [5.41, 5.74) is 9.27. The lowest BCUT2D eigenvalue weighted by Crippen LogP contribution is -2.12. The Bertz CT molecular complexity index is 392. The Morgan fingerprint density at radius 1 is 1.50 bits per heavy atom. The molecule has 2 nitrogen and oxygen atoms in total. The van der Waals surface area contributed by atoms with E-state index in [1.54, 1.807) is 22.7 Å². The Hall–Kier alpha value is -0.710. The SMILES string of the molecule is Cc1ccsc1C(N)Cc1cncs1. The van der Waals surface area contributed by atoms with E-state index < -0.39 is 0 Å². The van der Waals surface area contributed by atoms with Crippen LogP contribution in [0.2, 0.25) is 0 Å². The van der Waals surface area contributed by atoms with Gasteiger partial charge in [-0.25, -0.2) is 0 Å². The molecule has 0 aliphatic heterocycles. The number of aromatic nitrogens is 1. The number of thiazole rings is 1. The zero-order valence-corrected chi connectivity index (χ0v) is 9.57. The molecule has 0 aromatic carbocycles. The van der Waals surface area contributed by atoms with Gasteiger partial charge in [-0.05, 0) is 23.9 Å². The largest absolute Gasteiger partial charge is 0.323 e. The van der Waals surface area contributed by atoms with Crippen molar-refractivity contribution in [1.82, 2.24) is 4.98 Å². The maximum Gasteiger partial charge on any atom is 0.0794 e. The van der Waals surface area contributed by atoms with Gasteiger partial charge in [0, 0.05) is 28.4 Å². The molecule has 1 unspecified atom stereocenters. The average molecular weight is 224 g/mol. The first-order valence-electron chi connectivity index (χ1n) is 4.44. The molecule has 2 N–H and O–H groups in total. The van der Waals surface area contributed by atoms with Crippen molar-refractivity contribution in [3.05, 3.63) is 38.5 Å². The van der Waals surface area contributed by atoms with Crippen LogP contribution in [0.5, 0.6) is 0 Å². The summed E-state index contributed by atoms with van der Waals surface area (Å²) in [6.07, 6.45) is 2.79. The third-order valence-corrected chi connectivity index (χ3v) is 4.10. The Labute approximate surface area is 91.4 Å². The van der Waals surface area contributed by atoms with Crippen LogP contribution in [0.1, 0.15) is 21.4 Å². The molecule has 0 aliphatic carbocycles. The monoisotopic (exact) mass is 224 g/mol. The molecule has 2 heterocycles. The summed E-state index contributed by atoms with van der Waals surface area (Å²) in [5, 5.41) is 2.09. The number of aryl methyl sites for hydroxylation is 1. The molecular formula is C10H12N2S2. The highest BCUT2D eigenvalue weighted by molar-refractivity contribution is 7.10. The number of thiophene rings is 1. The highest BCUT2D eigenvalue weighted by atomic mass is 32.1. The molecule has 0 bridgehead atoms. The van der Waals surface area contributed by atoms with Gasteiger partial charge in [-0.2, -0.15) is 0 Å². The molecule has 0 radical (unpaired) electrons. The lowest BCUT2D eigenvalue weighted by Gasteiger charge is -2.08. The van der Waals surface area contributed by atoms with Crippen molar-refractivity contribution in [2.75, 3.05) is 0 Å². The van der Waals surface area contributed by atoms with Crippen LogP contribution in [0.15, 0.2) is 23.2 Å². The summed E-state index contributed by atoms with van der Waals surface area (Å²) >= 11 is 3.41. The van der Waals surface area contributed by atoms with Crippen LogP contribution in [0.3, 0.4) is 0 Å². The Balaban J connectivity index is 2.10. The van der Waals surface area contributed by atoms with Crippen molar-refractivity contribution < 1.29 is 0 Å². The molecule has 0 spiro atoms. The van der Waals surface area contributed by atoms with E-state index in [-0.39, 0.29) is 6.04 Å². The van der Waals surface area contributed by atoms with Gasteiger partial charge < -0.3 is 5.73 Å². The van der Waals surface area contributed by atoms with Gasteiger partial charge in [0.15, 0.2) is 0 Å². The molecule has 0 amide bonds. The second-order valence-electron chi connectivity index (χ2n) is 3.25. The Morgan fingerprint density at radius 2 is 2.36 bits per heavy atom. The van der Waals surface area contributed by atoms with Gasteiger partial charge in [-0.15, -0.1) is 22.7 Å². The van der Waals surface area contributed by atoms with Crippen molar-refractivity contribution in [2.24, 2.45) is 5.73 Å². The van der Waals surface area contributed by atoms with Gasteiger partial charge >= 0.3 is 0 Å². The van der Waals surface area contributed by atoms with Crippen molar-refractivity contribution >= 4 is 22.7 Å². The number of nitrogens with two attached hydrogens (primary N) is 1.